The Bertz CT molecular complexity index is 662. The normalized spacial score (nSPS) is 9.89. The van der Waals surface area contributed by atoms with Crippen molar-refractivity contribution in [3.05, 3.63) is 39.9 Å². The van der Waals surface area contributed by atoms with Crippen LogP contribution in [0.4, 0.5) is 10.8 Å². The third-order valence-electron chi connectivity index (χ3n) is 2.28. The zero-order valence-electron chi connectivity index (χ0n) is 9.68. The topological polar surface area (TPSA) is 91.8 Å². The maximum atomic E-state index is 11.8. The van der Waals surface area contributed by atoms with E-state index in [0.29, 0.717) is 27.1 Å². The van der Waals surface area contributed by atoms with Gasteiger partial charge >= 0.3 is 0 Å². The molecule has 0 bridgehead atoms. The number of aromatic nitrogens is 1. The Morgan fingerprint density at radius 1 is 1.58 bits per heavy atom. The number of anilines is 2. The van der Waals surface area contributed by atoms with Crippen LogP contribution in [0.5, 0.6) is 0 Å². The Morgan fingerprint density at radius 3 is 2.95 bits per heavy atom. The van der Waals surface area contributed by atoms with Crippen LogP contribution in [0.2, 0.25) is 5.02 Å². The summed E-state index contributed by atoms with van der Waals surface area (Å²) in [6, 6.07) is 6.65. The Kier molecular flexibility index (Phi) is 4.00. The lowest BCUT2D eigenvalue weighted by Gasteiger charge is -2.06. The molecule has 19 heavy (non-hydrogen) atoms. The van der Waals surface area contributed by atoms with Gasteiger partial charge in [0.2, 0.25) is 5.91 Å². The summed E-state index contributed by atoms with van der Waals surface area (Å²) in [5.41, 5.74) is 7.01. The van der Waals surface area contributed by atoms with Crippen molar-refractivity contribution in [1.29, 1.82) is 5.26 Å². The van der Waals surface area contributed by atoms with E-state index in [9.17, 15) is 4.79 Å². The van der Waals surface area contributed by atoms with Gasteiger partial charge in [-0.05, 0) is 18.2 Å². The van der Waals surface area contributed by atoms with E-state index in [1.165, 1.54) is 17.4 Å². The minimum atomic E-state index is -0.239. The second kappa shape index (κ2) is 5.69. The first-order chi connectivity index (χ1) is 9.08. The van der Waals surface area contributed by atoms with Crippen molar-refractivity contribution in [2.45, 2.75) is 6.42 Å². The highest BCUT2D eigenvalue weighted by molar-refractivity contribution is 7.13. The fourth-order valence-corrected chi connectivity index (χ4v) is 2.24. The summed E-state index contributed by atoms with van der Waals surface area (Å²) in [7, 11) is 0. The molecule has 0 saturated heterocycles. The highest BCUT2D eigenvalue weighted by Gasteiger charge is 2.09. The number of rotatable bonds is 3. The lowest BCUT2D eigenvalue weighted by molar-refractivity contribution is -0.115. The maximum absolute atomic E-state index is 11.8. The van der Waals surface area contributed by atoms with E-state index in [0.717, 1.165) is 0 Å². The summed E-state index contributed by atoms with van der Waals surface area (Å²) in [5.74, 6) is -0.239. The van der Waals surface area contributed by atoms with Gasteiger partial charge in [-0.1, -0.05) is 11.6 Å². The predicted molar refractivity (Wildman–Crippen MR) is 75.0 cm³/mol. The molecule has 1 aromatic heterocycles. The highest BCUT2D eigenvalue weighted by atomic mass is 35.5. The van der Waals surface area contributed by atoms with Crippen molar-refractivity contribution in [2.24, 2.45) is 0 Å². The second-order valence-electron chi connectivity index (χ2n) is 3.71. The molecule has 0 aliphatic carbocycles. The SMILES string of the molecule is N#Cc1ccc(NC(=O)Cc2csc(N)n2)c(Cl)c1. The van der Waals surface area contributed by atoms with Crippen LogP contribution < -0.4 is 11.1 Å². The Morgan fingerprint density at radius 2 is 2.37 bits per heavy atom. The lowest BCUT2D eigenvalue weighted by atomic mass is 10.2. The standard InChI is InChI=1S/C12H9ClN4OS/c13-9-3-7(5-14)1-2-10(9)17-11(18)4-8-6-19-12(15)16-8/h1-3,6H,4H2,(H2,15,16)(H,17,18). The van der Waals surface area contributed by atoms with Crippen LogP contribution in [0.1, 0.15) is 11.3 Å². The molecule has 2 rings (SSSR count). The second-order valence-corrected chi connectivity index (χ2v) is 5.01. The van der Waals surface area contributed by atoms with Gasteiger partial charge in [0.05, 0.1) is 34.5 Å². The largest absolute Gasteiger partial charge is 0.375 e. The predicted octanol–water partition coefficient (Wildman–Crippen LogP) is 2.43. The van der Waals surface area contributed by atoms with Crippen molar-refractivity contribution in [2.75, 3.05) is 11.1 Å². The van der Waals surface area contributed by atoms with Crippen molar-refractivity contribution in [3.8, 4) is 6.07 Å². The van der Waals surface area contributed by atoms with E-state index in [-0.39, 0.29) is 12.3 Å². The average molecular weight is 293 g/mol. The lowest BCUT2D eigenvalue weighted by Crippen LogP contribution is -2.15. The number of hydrogen-bond donors (Lipinski definition) is 2. The number of amides is 1. The number of nitrogen functional groups attached to an aromatic ring is 1. The van der Waals surface area contributed by atoms with Gasteiger partial charge in [0.15, 0.2) is 5.13 Å². The van der Waals surface area contributed by atoms with E-state index >= 15 is 0 Å². The smallest absolute Gasteiger partial charge is 0.230 e. The van der Waals surface area contributed by atoms with Crippen molar-refractivity contribution >= 4 is 39.7 Å². The zero-order valence-corrected chi connectivity index (χ0v) is 11.3. The van der Waals surface area contributed by atoms with E-state index in [2.05, 4.69) is 10.3 Å². The van der Waals surface area contributed by atoms with Crippen LogP contribution in [-0.4, -0.2) is 10.9 Å². The molecule has 2 aromatic rings. The van der Waals surface area contributed by atoms with Gasteiger partial charge < -0.3 is 11.1 Å². The van der Waals surface area contributed by atoms with Gasteiger partial charge in [0.25, 0.3) is 0 Å². The maximum Gasteiger partial charge on any atom is 0.230 e. The number of nitrogens with one attached hydrogen (secondary N) is 1. The van der Waals surface area contributed by atoms with Gasteiger partial charge in [0, 0.05) is 5.38 Å². The number of carbonyl (C=O) groups excluding carboxylic acids is 1. The minimum absolute atomic E-state index is 0.129. The fraction of sp³-hybridized carbons (Fsp3) is 0.0833. The Labute approximate surface area is 118 Å². The third-order valence-corrected chi connectivity index (χ3v) is 3.32. The molecule has 7 heteroatoms. The van der Waals surface area contributed by atoms with Crippen LogP contribution in [0, 0.1) is 11.3 Å². The van der Waals surface area contributed by atoms with E-state index in [1.807, 2.05) is 6.07 Å². The zero-order chi connectivity index (χ0) is 13.8. The molecule has 0 atom stereocenters. The summed E-state index contributed by atoms with van der Waals surface area (Å²) in [5, 5.41) is 13.9. The minimum Gasteiger partial charge on any atom is -0.375 e. The molecule has 0 aliphatic heterocycles. The first kappa shape index (κ1) is 13.3. The highest BCUT2D eigenvalue weighted by Crippen LogP contribution is 2.23. The molecule has 1 heterocycles. The number of carbonyl (C=O) groups is 1. The van der Waals surface area contributed by atoms with Gasteiger partial charge in [-0.15, -0.1) is 11.3 Å². The van der Waals surface area contributed by atoms with E-state index in [4.69, 9.17) is 22.6 Å². The molecule has 96 valence electrons. The average Bonchev–Trinajstić information content (AvgIpc) is 2.77. The molecular formula is C12H9ClN4OS. The summed E-state index contributed by atoms with van der Waals surface area (Å²) in [4.78, 5) is 15.8. The monoisotopic (exact) mass is 292 g/mol. The van der Waals surface area contributed by atoms with Crippen LogP contribution >= 0.6 is 22.9 Å². The van der Waals surface area contributed by atoms with Crippen molar-refractivity contribution in [3.63, 3.8) is 0 Å². The number of nitrogens with zero attached hydrogens (tertiary/aromatic N) is 2. The summed E-state index contributed by atoms with van der Waals surface area (Å²) < 4.78 is 0. The summed E-state index contributed by atoms with van der Waals surface area (Å²) in [6.07, 6.45) is 0.129. The van der Waals surface area contributed by atoms with Gasteiger partial charge in [0.1, 0.15) is 0 Å². The van der Waals surface area contributed by atoms with Crippen molar-refractivity contribution < 1.29 is 4.79 Å². The molecule has 0 unspecified atom stereocenters. The van der Waals surface area contributed by atoms with E-state index < -0.39 is 0 Å². The molecule has 1 aromatic carbocycles. The molecule has 0 spiro atoms. The number of nitriles is 1. The summed E-state index contributed by atoms with van der Waals surface area (Å²) >= 11 is 7.25. The Hall–Kier alpha value is -2.10. The quantitative estimate of drug-likeness (QED) is 0.909. The molecule has 1 amide bonds. The fourth-order valence-electron chi connectivity index (χ4n) is 1.45. The van der Waals surface area contributed by atoms with Crippen LogP contribution in [0.3, 0.4) is 0 Å². The number of halogens is 1. The number of hydrogen-bond acceptors (Lipinski definition) is 5. The molecular weight excluding hydrogens is 284 g/mol. The van der Waals surface area contributed by atoms with Crippen LogP contribution in [0.25, 0.3) is 0 Å². The molecule has 3 N–H and O–H groups in total. The first-order valence-corrected chi connectivity index (χ1v) is 6.53. The molecule has 0 fully saturated rings. The van der Waals surface area contributed by atoms with Gasteiger partial charge in [-0.2, -0.15) is 5.26 Å². The molecule has 0 saturated carbocycles. The number of benzene rings is 1. The van der Waals surface area contributed by atoms with Crippen LogP contribution in [-0.2, 0) is 11.2 Å². The third kappa shape index (κ3) is 3.44. The Balaban J connectivity index is 2.05. The molecule has 0 aliphatic rings. The van der Waals surface area contributed by atoms with Crippen molar-refractivity contribution in [1.82, 2.24) is 4.98 Å². The van der Waals surface area contributed by atoms with Gasteiger partial charge in [-0.3, -0.25) is 4.79 Å². The van der Waals surface area contributed by atoms with Crippen LogP contribution in [0.15, 0.2) is 23.6 Å². The molecule has 5 nitrogen and oxygen atoms in total. The first-order valence-electron chi connectivity index (χ1n) is 5.28. The molecule has 0 radical (unpaired) electrons. The summed E-state index contributed by atoms with van der Waals surface area (Å²) in [6.45, 7) is 0. The number of thiazole rings is 1. The van der Waals surface area contributed by atoms with Gasteiger partial charge in [-0.25, -0.2) is 4.98 Å². The van der Waals surface area contributed by atoms with E-state index in [1.54, 1.807) is 17.5 Å². The number of nitrogens with two attached hydrogens (primary N) is 1.